The summed E-state index contributed by atoms with van der Waals surface area (Å²) < 4.78 is 22.4. The van der Waals surface area contributed by atoms with Gasteiger partial charge in [0.25, 0.3) is 0 Å². The highest BCUT2D eigenvalue weighted by Crippen LogP contribution is 2.25. The quantitative estimate of drug-likeness (QED) is 0.549. The number of furan rings is 1. The summed E-state index contributed by atoms with van der Waals surface area (Å²) in [5.41, 5.74) is 1.14. The number of hydrogen-bond donors (Lipinski definition) is 0. The van der Waals surface area contributed by atoms with Crippen molar-refractivity contribution in [2.45, 2.75) is 39.0 Å². The number of rotatable bonds is 8. The molecule has 1 saturated heterocycles. The van der Waals surface area contributed by atoms with E-state index in [2.05, 4.69) is 4.90 Å². The van der Waals surface area contributed by atoms with Gasteiger partial charge in [-0.2, -0.15) is 0 Å². The average molecular weight is 383 g/mol. The monoisotopic (exact) mass is 383 g/mol. The van der Waals surface area contributed by atoms with Crippen LogP contribution in [0.2, 0.25) is 0 Å². The number of benzene rings is 1. The van der Waals surface area contributed by atoms with E-state index in [1.54, 1.807) is 18.4 Å². The molecule has 0 spiro atoms. The van der Waals surface area contributed by atoms with Crippen molar-refractivity contribution in [3.63, 3.8) is 0 Å². The van der Waals surface area contributed by atoms with Gasteiger partial charge in [0.05, 0.1) is 25.5 Å². The molecule has 0 saturated carbocycles. The van der Waals surface area contributed by atoms with Gasteiger partial charge in [-0.15, -0.1) is 0 Å². The van der Waals surface area contributed by atoms with Crippen LogP contribution < -0.4 is 10.4 Å². The van der Waals surface area contributed by atoms with Gasteiger partial charge in [0.2, 0.25) is 0 Å². The molecule has 1 fully saturated rings. The summed E-state index contributed by atoms with van der Waals surface area (Å²) in [5.74, 6) is 1.65. The minimum Gasteiger partial charge on any atom is -0.494 e. The van der Waals surface area contributed by atoms with E-state index in [1.165, 1.54) is 0 Å². The predicted molar refractivity (Wildman–Crippen MR) is 105 cm³/mol. The van der Waals surface area contributed by atoms with Gasteiger partial charge in [-0.05, 0) is 55.7 Å². The summed E-state index contributed by atoms with van der Waals surface area (Å²) in [6.45, 7) is 5.38. The maximum atomic E-state index is 12.1. The maximum Gasteiger partial charge on any atom is 0.336 e. The highest BCUT2D eigenvalue weighted by Gasteiger charge is 2.21. The molecule has 1 unspecified atom stereocenters. The lowest BCUT2D eigenvalue weighted by Gasteiger charge is -2.24. The van der Waals surface area contributed by atoms with Crippen LogP contribution in [0.3, 0.4) is 0 Å². The van der Waals surface area contributed by atoms with Crippen molar-refractivity contribution in [1.29, 1.82) is 0 Å². The smallest absolute Gasteiger partial charge is 0.336 e. The first kappa shape index (κ1) is 18.8. The predicted octanol–water partition coefficient (Wildman–Crippen LogP) is 3.97. The number of ether oxygens (including phenoxy) is 2. The zero-order chi connectivity index (χ0) is 19.3. The molecule has 0 aliphatic carbocycles. The van der Waals surface area contributed by atoms with Crippen molar-refractivity contribution < 1.29 is 18.3 Å². The Morgan fingerprint density at radius 1 is 1.21 bits per heavy atom. The fourth-order valence-corrected chi connectivity index (χ4v) is 3.72. The van der Waals surface area contributed by atoms with Crippen LogP contribution in [0.1, 0.15) is 31.1 Å². The van der Waals surface area contributed by atoms with Gasteiger partial charge in [-0.3, -0.25) is 4.90 Å². The fraction of sp³-hybridized carbons (Fsp3) is 0.409. The third kappa shape index (κ3) is 4.46. The van der Waals surface area contributed by atoms with Crippen molar-refractivity contribution in [1.82, 2.24) is 4.90 Å². The molecule has 0 N–H and O–H groups in total. The molecule has 4 rings (SSSR count). The van der Waals surface area contributed by atoms with Crippen molar-refractivity contribution in [3.05, 3.63) is 64.4 Å². The molecule has 0 amide bonds. The van der Waals surface area contributed by atoms with Crippen LogP contribution in [0.5, 0.6) is 5.75 Å². The van der Waals surface area contributed by atoms with Gasteiger partial charge >= 0.3 is 5.63 Å². The van der Waals surface area contributed by atoms with Crippen molar-refractivity contribution in [2.75, 3.05) is 19.8 Å². The van der Waals surface area contributed by atoms with Gasteiger partial charge in [0.1, 0.15) is 17.1 Å². The lowest BCUT2D eigenvalue weighted by Crippen LogP contribution is -2.31. The molecule has 1 aliphatic rings. The lowest BCUT2D eigenvalue weighted by atomic mass is 10.1. The van der Waals surface area contributed by atoms with E-state index in [4.69, 9.17) is 18.3 Å². The number of fused-ring (bicyclic) bond motifs is 1. The minimum absolute atomic E-state index is 0.209. The van der Waals surface area contributed by atoms with E-state index < -0.39 is 0 Å². The summed E-state index contributed by atoms with van der Waals surface area (Å²) in [5, 5.41) is 0.891. The first-order chi connectivity index (χ1) is 13.7. The third-order valence-corrected chi connectivity index (χ3v) is 4.95. The molecule has 3 aromatic rings. The molecule has 1 atom stereocenters. The summed E-state index contributed by atoms with van der Waals surface area (Å²) in [6, 6.07) is 11.0. The second kappa shape index (κ2) is 8.63. The van der Waals surface area contributed by atoms with Crippen LogP contribution >= 0.6 is 0 Å². The molecule has 148 valence electrons. The molecular weight excluding hydrogens is 358 g/mol. The van der Waals surface area contributed by atoms with Gasteiger partial charge < -0.3 is 18.3 Å². The van der Waals surface area contributed by atoms with Gasteiger partial charge in [0.15, 0.2) is 0 Å². The van der Waals surface area contributed by atoms with Gasteiger partial charge in [-0.1, -0.05) is 0 Å². The maximum absolute atomic E-state index is 12.1. The highest BCUT2D eigenvalue weighted by atomic mass is 16.5. The summed E-state index contributed by atoms with van der Waals surface area (Å²) in [4.78, 5) is 14.4. The van der Waals surface area contributed by atoms with E-state index in [-0.39, 0.29) is 11.7 Å². The zero-order valence-electron chi connectivity index (χ0n) is 16.1. The van der Waals surface area contributed by atoms with Crippen molar-refractivity contribution in [3.8, 4) is 5.75 Å². The Bertz CT molecular complexity index is 957. The normalized spacial score (nSPS) is 16.9. The molecule has 0 bridgehead atoms. The molecule has 1 aliphatic heterocycles. The van der Waals surface area contributed by atoms with E-state index in [9.17, 15) is 4.79 Å². The van der Waals surface area contributed by atoms with Crippen LogP contribution in [-0.4, -0.2) is 30.8 Å². The number of nitrogens with zero attached hydrogens (tertiary/aromatic N) is 1. The second-order valence-electron chi connectivity index (χ2n) is 7.07. The Morgan fingerprint density at radius 3 is 2.89 bits per heavy atom. The Kier molecular flexibility index (Phi) is 5.78. The molecule has 6 heteroatoms. The molecule has 28 heavy (non-hydrogen) atoms. The second-order valence-corrected chi connectivity index (χ2v) is 7.07. The molecule has 0 radical (unpaired) electrons. The van der Waals surface area contributed by atoms with Crippen LogP contribution in [0, 0.1) is 0 Å². The van der Waals surface area contributed by atoms with Crippen LogP contribution in [-0.2, 0) is 17.8 Å². The molecule has 1 aromatic carbocycles. The first-order valence-electron chi connectivity index (χ1n) is 9.77. The summed E-state index contributed by atoms with van der Waals surface area (Å²) in [7, 11) is 0. The van der Waals surface area contributed by atoms with Crippen LogP contribution in [0.25, 0.3) is 11.0 Å². The van der Waals surface area contributed by atoms with E-state index in [1.807, 2.05) is 31.2 Å². The van der Waals surface area contributed by atoms with Crippen LogP contribution in [0.4, 0.5) is 0 Å². The molecule has 6 nitrogen and oxygen atoms in total. The zero-order valence-corrected chi connectivity index (χ0v) is 16.1. The van der Waals surface area contributed by atoms with Crippen molar-refractivity contribution in [2.24, 2.45) is 0 Å². The Morgan fingerprint density at radius 2 is 2.14 bits per heavy atom. The molecular formula is C22H25NO5. The standard InChI is InChI=1S/C22H25NO5/c1-2-25-17-7-8-21-20(12-17)16(11-22(24)28-21)13-23(14-18-5-3-9-26-18)15-19-6-4-10-27-19/h3,5,7-9,11-12,19H,2,4,6,10,13-15H2,1H3. The SMILES string of the molecule is CCOc1ccc2oc(=O)cc(CN(Cc3ccco3)CC3CCCO3)c2c1. The minimum atomic E-state index is -0.346. The molecule has 3 heterocycles. The topological polar surface area (TPSA) is 65.0 Å². The molecule has 2 aromatic heterocycles. The van der Waals surface area contributed by atoms with E-state index in [0.29, 0.717) is 25.3 Å². The van der Waals surface area contributed by atoms with Crippen LogP contribution in [0.15, 0.2) is 56.3 Å². The van der Waals surface area contributed by atoms with Crippen molar-refractivity contribution >= 4 is 11.0 Å². The Labute approximate surface area is 163 Å². The number of hydrogen-bond acceptors (Lipinski definition) is 6. The van der Waals surface area contributed by atoms with E-state index >= 15 is 0 Å². The Balaban J connectivity index is 1.64. The third-order valence-electron chi connectivity index (χ3n) is 4.95. The first-order valence-corrected chi connectivity index (χ1v) is 9.77. The van der Waals surface area contributed by atoms with Gasteiger partial charge in [-0.25, -0.2) is 4.79 Å². The average Bonchev–Trinajstić information content (AvgIpc) is 3.36. The summed E-state index contributed by atoms with van der Waals surface area (Å²) >= 11 is 0. The van der Waals surface area contributed by atoms with E-state index in [0.717, 1.165) is 48.5 Å². The highest BCUT2D eigenvalue weighted by molar-refractivity contribution is 5.81. The lowest BCUT2D eigenvalue weighted by molar-refractivity contribution is 0.0656. The van der Waals surface area contributed by atoms with Gasteiger partial charge in [0, 0.05) is 31.1 Å². The summed E-state index contributed by atoms with van der Waals surface area (Å²) in [6.07, 6.45) is 4.04. The Hall–Kier alpha value is -2.57. The largest absolute Gasteiger partial charge is 0.494 e. The fourth-order valence-electron chi connectivity index (χ4n) is 3.72.